The number of carbonyl (C=O) groups excluding carboxylic acids is 1. The Balaban J connectivity index is 1.94. The summed E-state index contributed by atoms with van der Waals surface area (Å²) in [4.78, 5) is 25.3. The zero-order chi connectivity index (χ0) is 20.4. The third-order valence-electron chi connectivity index (χ3n) is 4.04. The maximum Gasteiger partial charge on any atom is 0.342 e. The van der Waals surface area contributed by atoms with Gasteiger partial charge in [0.15, 0.2) is 0 Å². The van der Waals surface area contributed by atoms with Crippen LogP contribution in [0.2, 0.25) is 0 Å². The van der Waals surface area contributed by atoms with E-state index in [1.807, 2.05) is 19.9 Å². The van der Waals surface area contributed by atoms with Crippen molar-refractivity contribution < 1.29 is 13.9 Å². The molecule has 8 nitrogen and oxygen atoms in total. The SMILES string of the molecule is CCOC(=O)c1c(C)oc2nc(CSc3nc(C)cc(C)c3C#N)nc(N)c12. The molecule has 3 heterocycles. The zero-order valence-corrected chi connectivity index (χ0v) is 16.8. The van der Waals surface area contributed by atoms with Gasteiger partial charge in [0.2, 0.25) is 5.71 Å². The molecule has 3 rings (SSSR count). The number of fused-ring (bicyclic) bond motifs is 1. The van der Waals surface area contributed by atoms with E-state index in [0.717, 1.165) is 11.3 Å². The summed E-state index contributed by atoms with van der Waals surface area (Å²) in [6.07, 6.45) is 0. The van der Waals surface area contributed by atoms with Gasteiger partial charge >= 0.3 is 5.97 Å². The minimum Gasteiger partial charge on any atom is -0.462 e. The van der Waals surface area contributed by atoms with Crippen LogP contribution in [0.5, 0.6) is 0 Å². The first-order valence-corrected chi connectivity index (χ1v) is 9.58. The van der Waals surface area contributed by atoms with Crippen molar-refractivity contribution in [3.63, 3.8) is 0 Å². The van der Waals surface area contributed by atoms with E-state index in [2.05, 4.69) is 21.0 Å². The average Bonchev–Trinajstić information content (AvgIpc) is 2.96. The number of nitrogens with two attached hydrogens (primary N) is 1. The number of pyridine rings is 1. The number of nitrogen functional groups attached to an aromatic ring is 1. The third-order valence-corrected chi connectivity index (χ3v) is 5.01. The fourth-order valence-corrected chi connectivity index (χ4v) is 3.83. The third kappa shape index (κ3) is 3.64. The van der Waals surface area contributed by atoms with Crippen molar-refractivity contribution >= 4 is 34.6 Å². The summed E-state index contributed by atoms with van der Waals surface area (Å²) in [5.41, 5.74) is 8.79. The number of hydrogen-bond acceptors (Lipinski definition) is 9. The van der Waals surface area contributed by atoms with Gasteiger partial charge in [-0.2, -0.15) is 10.2 Å². The molecule has 0 aliphatic carbocycles. The summed E-state index contributed by atoms with van der Waals surface area (Å²) >= 11 is 1.35. The van der Waals surface area contributed by atoms with Crippen molar-refractivity contribution in [1.82, 2.24) is 15.0 Å². The highest BCUT2D eigenvalue weighted by molar-refractivity contribution is 7.98. The molecule has 0 aromatic carbocycles. The molecule has 0 spiro atoms. The summed E-state index contributed by atoms with van der Waals surface area (Å²) in [5.74, 6) is 0.772. The van der Waals surface area contributed by atoms with Gasteiger partial charge in [0.1, 0.15) is 34.1 Å². The molecule has 0 atom stereocenters. The van der Waals surface area contributed by atoms with Crippen LogP contribution in [0.15, 0.2) is 15.5 Å². The van der Waals surface area contributed by atoms with E-state index in [-0.39, 0.29) is 23.7 Å². The molecule has 2 N–H and O–H groups in total. The molecule has 3 aromatic heterocycles. The largest absolute Gasteiger partial charge is 0.462 e. The quantitative estimate of drug-likeness (QED) is 0.508. The Hall–Kier alpha value is -3.12. The standard InChI is InChI=1S/C19H19N5O3S/c1-5-26-19(25)14-11(4)27-17-15(14)16(21)23-13(24-17)8-28-18-12(7-20)9(2)6-10(3)22-18/h6H,5,8H2,1-4H3,(H2,21,23,24). The number of aromatic nitrogens is 3. The smallest absolute Gasteiger partial charge is 0.342 e. The Morgan fingerprint density at radius 1 is 1.32 bits per heavy atom. The monoisotopic (exact) mass is 397 g/mol. The van der Waals surface area contributed by atoms with Gasteiger partial charge in [-0.15, -0.1) is 0 Å². The number of rotatable bonds is 5. The molecule has 0 saturated carbocycles. The summed E-state index contributed by atoms with van der Waals surface area (Å²) in [5, 5.41) is 10.4. The number of thioether (sulfide) groups is 1. The zero-order valence-electron chi connectivity index (χ0n) is 16.0. The number of ether oxygens (including phenoxy) is 1. The molecule has 9 heteroatoms. The number of carbonyl (C=O) groups is 1. The van der Waals surface area contributed by atoms with Crippen molar-refractivity contribution in [1.29, 1.82) is 5.26 Å². The van der Waals surface area contributed by atoms with Crippen LogP contribution in [-0.4, -0.2) is 27.5 Å². The number of furan rings is 1. The highest BCUT2D eigenvalue weighted by Gasteiger charge is 2.24. The molecule has 0 amide bonds. The second-order valence-corrected chi connectivity index (χ2v) is 7.08. The van der Waals surface area contributed by atoms with E-state index < -0.39 is 5.97 Å². The van der Waals surface area contributed by atoms with Crippen molar-refractivity contribution in [3.8, 4) is 6.07 Å². The van der Waals surface area contributed by atoms with E-state index in [1.54, 1.807) is 13.8 Å². The normalized spacial score (nSPS) is 10.8. The maximum atomic E-state index is 12.2. The summed E-state index contributed by atoms with van der Waals surface area (Å²) in [6.45, 7) is 7.37. The van der Waals surface area contributed by atoms with E-state index in [1.165, 1.54) is 11.8 Å². The summed E-state index contributed by atoms with van der Waals surface area (Å²) in [7, 11) is 0. The van der Waals surface area contributed by atoms with E-state index >= 15 is 0 Å². The maximum absolute atomic E-state index is 12.2. The van der Waals surface area contributed by atoms with Crippen LogP contribution in [0.25, 0.3) is 11.1 Å². The minimum atomic E-state index is -0.519. The van der Waals surface area contributed by atoms with E-state index in [0.29, 0.717) is 33.3 Å². The van der Waals surface area contributed by atoms with Gasteiger partial charge in [-0.25, -0.2) is 14.8 Å². The van der Waals surface area contributed by atoms with Crippen LogP contribution in [0.1, 0.15) is 45.7 Å². The Morgan fingerprint density at radius 2 is 2.07 bits per heavy atom. The molecular formula is C19H19N5O3S. The molecule has 28 heavy (non-hydrogen) atoms. The lowest BCUT2D eigenvalue weighted by Crippen LogP contribution is -2.07. The number of hydrogen-bond donors (Lipinski definition) is 1. The highest BCUT2D eigenvalue weighted by Crippen LogP contribution is 2.31. The van der Waals surface area contributed by atoms with Gasteiger partial charge in [-0.05, 0) is 39.3 Å². The number of aryl methyl sites for hydroxylation is 3. The van der Waals surface area contributed by atoms with Crippen LogP contribution >= 0.6 is 11.8 Å². The van der Waals surface area contributed by atoms with Crippen LogP contribution in [0.4, 0.5) is 5.82 Å². The predicted molar refractivity (Wildman–Crippen MR) is 105 cm³/mol. The van der Waals surface area contributed by atoms with Crippen LogP contribution in [0, 0.1) is 32.1 Å². The van der Waals surface area contributed by atoms with E-state index in [4.69, 9.17) is 14.9 Å². The molecule has 3 aromatic rings. The van der Waals surface area contributed by atoms with Gasteiger partial charge in [0.25, 0.3) is 0 Å². The molecule has 0 aliphatic rings. The number of nitrogens with zero attached hydrogens (tertiary/aromatic N) is 4. The second-order valence-electron chi connectivity index (χ2n) is 6.12. The summed E-state index contributed by atoms with van der Waals surface area (Å²) in [6, 6.07) is 4.05. The molecule has 0 radical (unpaired) electrons. The van der Waals surface area contributed by atoms with Crippen molar-refractivity contribution in [2.75, 3.05) is 12.3 Å². The first kappa shape index (κ1) is 19.6. The van der Waals surface area contributed by atoms with Gasteiger partial charge in [0, 0.05) is 5.69 Å². The molecule has 0 fully saturated rings. The molecule has 0 saturated heterocycles. The van der Waals surface area contributed by atoms with Gasteiger partial charge in [-0.1, -0.05) is 11.8 Å². The fourth-order valence-electron chi connectivity index (χ4n) is 2.87. The molecule has 0 bridgehead atoms. The lowest BCUT2D eigenvalue weighted by molar-refractivity contribution is 0.0526. The Kier molecular flexibility index (Phi) is 5.51. The van der Waals surface area contributed by atoms with Gasteiger partial charge < -0.3 is 14.9 Å². The van der Waals surface area contributed by atoms with Crippen LogP contribution in [0.3, 0.4) is 0 Å². The van der Waals surface area contributed by atoms with Crippen LogP contribution in [-0.2, 0) is 10.5 Å². The van der Waals surface area contributed by atoms with Crippen molar-refractivity contribution in [2.24, 2.45) is 0 Å². The van der Waals surface area contributed by atoms with Crippen molar-refractivity contribution in [3.05, 3.63) is 40.0 Å². The van der Waals surface area contributed by atoms with Crippen LogP contribution < -0.4 is 5.73 Å². The molecular weight excluding hydrogens is 378 g/mol. The molecule has 144 valence electrons. The number of nitriles is 1. The fraction of sp³-hybridized carbons (Fsp3) is 0.316. The molecule has 0 aliphatic heterocycles. The second kappa shape index (κ2) is 7.86. The average molecular weight is 397 g/mol. The van der Waals surface area contributed by atoms with Gasteiger partial charge in [-0.3, -0.25) is 0 Å². The Morgan fingerprint density at radius 3 is 2.75 bits per heavy atom. The highest BCUT2D eigenvalue weighted by atomic mass is 32.2. The van der Waals surface area contributed by atoms with Crippen molar-refractivity contribution in [2.45, 2.75) is 38.5 Å². The topological polar surface area (TPSA) is 128 Å². The molecule has 0 unspecified atom stereocenters. The predicted octanol–water partition coefficient (Wildman–Crippen LogP) is 3.47. The minimum absolute atomic E-state index is 0.148. The number of esters is 1. The first-order chi connectivity index (χ1) is 13.3. The lowest BCUT2D eigenvalue weighted by atomic mass is 10.1. The van der Waals surface area contributed by atoms with E-state index in [9.17, 15) is 10.1 Å². The lowest BCUT2D eigenvalue weighted by Gasteiger charge is -2.07. The summed E-state index contributed by atoms with van der Waals surface area (Å²) < 4.78 is 10.7. The Bertz CT molecular complexity index is 1120. The first-order valence-electron chi connectivity index (χ1n) is 8.59. The Labute approximate surface area is 166 Å². The van der Waals surface area contributed by atoms with Gasteiger partial charge in [0.05, 0.1) is 23.3 Å². The number of anilines is 1.